The number of hydrogen-bond donors (Lipinski definition) is 0. The molecule has 1 aromatic heterocycles. The number of carbonyl (C=O) groups is 2. The van der Waals surface area contributed by atoms with Crippen molar-refractivity contribution >= 4 is 11.7 Å². The zero-order valence-electron chi connectivity index (χ0n) is 16.1. The third-order valence-corrected chi connectivity index (χ3v) is 5.37. The minimum Gasteiger partial charge on any atom is -0.345 e. The maximum absolute atomic E-state index is 12.9. The lowest BCUT2D eigenvalue weighted by atomic mass is 9.75. The monoisotopic (exact) mass is 346 g/mol. The number of fused-ring (bicyclic) bond motifs is 1. The maximum atomic E-state index is 12.9. The summed E-state index contributed by atoms with van der Waals surface area (Å²) in [6.07, 6.45) is 3.64. The third-order valence-electron chi connectivity index (χ3n) is 5.37. The Bertz CT molecular complexity index is 694. The van der Waals surface area contributed by atoms with Crippen LogP contribution in [0.1, 0.15) is 80.3 Å². The predicted octanol–water partition coefficient (Wildman–Crippen LogP) is 3.63. The van der Waals surface area contributed by atoms with E-state index in [1.54, 1.807) is 0 Å². The fourth-order valence-corrected chi connectivity index (χ4v) is 4.31. The van der Waals surface area contributed by atoms with E-state index in [0.29, 0.717) is 19.6 Å². The Balaban J connectivity index is 1.99. The van der Waals surface area contributed by atoms with E-state index in [1.165, 1.54) is 5.06 Å². The Morgan fingerprint density at radius 3 is 2.56 bits per heavy atom. The van der Waals surface area contributed by atoms with E-state index < -0.39 is 0 Å². The molecule has 0 atom stereocenters. The topological polar surface area (TPSA) is 51.5 Å². The summed E-state index contributed by atoms with van der Waals surface area (Å²) >= 11 is 0. The fraction of sp³-hybridized carbons (Fsp3) is 0.700. The summed E-state index contributed by atoms with van der Waals surface area (Å²) in [5.41, 5.74) is 3.84. The van der Waals surface area contributed by atoms with Crippen molar-refractivity contribution in [2.45, 2.75) is 72.8 Å². The van der Waals surface area contributed by atoms with E-state index in [4.69, 9.17) is 4.84 Å². The molecule has 1 saturated heterocycles. The number of hydroxylamine groups is 2. The van der Waals surface area contributed by atoms with Crippen molar-refractivity contribution in [1.29, 1.82) is 0 Å². The van der Waals surface area contributed by atoms with Gasteiger partial charge >= 0.3 is 0 Å². The number of hydrogen-bond acceptors (Lipinski definition) is 3. The van der Waals surface area contributed by atoms with Gasteiger partial charge in [-0.2, -0.15) is 0 Å². The average Bonchev–Trinajstić information content (AvgIpc) is 2.79. The average molecular weight is 346 g/mol. The van der Waals surface area contributed by atoms with Crippen molar-refractivity contribution in [2.24, 2.45) is 5.41 Å². The molecule has 0 bridgehead atoms. The highest BCUT2D eigenvalue weighted by atomic mass is 16.7. The van der Waals surface area contributed by atoms with Gasteiger partial charge in [-0.05, 0) is 51.0 Å². The molecule has 0 aromatic carbocycles. The van der Waals surface area contributed by atoms with E-state index in [9.17, 15) is 9.59 Å². The molecule has 0 radical (unpaired) electrons. The standard InChI is InChI=1S/C20H30N2O3/c1-13(2)22-14(3)15(10-18(24)21-8-6-7-9-25-21)19-16(22)11-20(4,5)12-17(19)23/h13H,6-12H2,1-5H3. The van der Waals surface area contributed by atoms with Crippen LogP contribution in [0.4, 0.5) is 0 Å². The molecular weight excluding hydrogens is 316 g/mol. The minimum atomic E-state index is -0.0378. The van der Waals surface area contributed by atoms with Crippen LogP contribution in [-0.4, -0.2) is 34.5 Å². The molecule has 138 valence electrons. The summed E-state index contributed by atoms with van der Waals surface area (Å²) in [5.74, 6) is 0.139. The summed E-state index contributed by atoms with van der Waals surface area (Å²) < 4.78 is 2.26. The van der Waals surface area contributed by atoms with Gasteiger partial charge in [0.2, 0.25) is 0 Å². The highest BCUT2D eigenvalue weighted by Crippen LogP contribution is 2.40. The molecule has 5 nitrogen and oxygen atoms in total. The largest absolute Gasteiger partial charge is 0.345 e. The molecule has 0 N–H and O–H groups in total. The van der Waals surface area contributed by atoms with Crippen LogP contribution in [0.25, 0.3) is 0 Å². The van der Waals surface area contributed by atoms with E-state index in [1.807, 2.05) is 6.92 Å². The Morgan fingerprint density at radius 2 is 1.96 bits per heavy atom. The van der Waals surface area contributed by atoms with Crippen LogP contribution in [0.5, 0.6) is 0 Å². The van der Waals surface area contributed by atoms with Crippen molar-refractivity contribution < 1.29 is 14.4 Å². The SMILES string of the molecule is Cc1c(CC(=O)N2CCCCO2)c2c(n1C(C)C)CC(C)(C)CC2=O. The Hall–Kier alpha value is -1.62. The zero-order valence-corrected chi connectivity index (χ0v) is 16.1. The van der Waals surface area contributed by atoms with Crippen molar-refractivity contribution in [3.63, 3.8) is 0 Å². The van der Waals surface area contributed by atoms with E-state index in [-0.39, 0.29) is 29.6 Å². The zero-order chi connectivity index (χ0) is 18.4. The van der Waals surface area contributed by atoms with Crippen LogP contribution < -0.4 is 0 Å². The van der Waals surface area contributed by atoms with Gasteiger partial charge < -0.3 is 4.57 Å². The Morgan fingerprint density at radius 1 is 1.24 bits per heavy atom. The highest BCUT2D eigenvalue weighted by molar-refractivity contribution is 6.01. The third kappa shape index (κ3) is 3.39. The molecular formula is C20H30N2O3. The van der Waals surface area contributed by atoms with Crippen LogP contribution in [0.2, 0.25) is 0 Å². The van der Waals surface area contributed by atoms with Crippen LogP contribution in [0.15, 0.2) is 0 Å². The summed E-state index contributed by atoms with van der Waals surface area (Å²) in [5, 5.41) is 1.49. The minimum absolute atomic E-state index is 0.0290. The maximum Gasteiger partial charge on any atom is 0.250 e. The first kappa shape index (κ1) is 18.2. The first-order chi connectivity index (χ1) is 11.7. The number of Topliss-reactive ketones (excluding diaryl/α,β-unsaturated/α-hetero) is 1. The van der Waals surface area contributed by atoms with Gasteiger partial charge in [-0.25, -0.2) is 5.06 Å². The summed E-state index contributed by atoms with van der Waals surface area (Å²) in [6.45, 7) is 11.9. The predicted molar refractivity (Wildman–Crippen MR) is 96.6 cm³/mol. The molecule has 3 rings (SSSR count). The van der Waals surface area contributed by atoms with Gasteiger partial charge in [0.25, 0.3) is 5.91 Å². The number of nitrogens with zero attached hydrogens (tertiary/aromatic N) is 2. The quantitative estimate of drug-likeness (QED) is 0.840. The van der Waals surface area contributed by atoms with Gasteiger partial charge in [-0.3, -0.25) is 14.4 Å². The summed E-state index contributed by atoms with van der Waals surface area (Å²) in [6, 6.07) is 0.269. The normalized spacial score (nSPS) is 20.1. The van der Waals surface area contributed by atoms with E-state index in [0.717, 1.165) is 41.8 Å². The molecule has 0 spiro atoms. The summed E-state index contributed by atoms with van der Waals surface area (Å²) in [4.78, 5) is 31.1. The van der Waals surface area contributed by atoms with Crippen molar-refractivity contribution in [3.05, 3.63) is 22.5 Å². The molecule has 2 heterocycles. The second-order valence-electron chi connectivity index (χ2n) is 8.50. The molecule has 1 fully saturated rings. The molecule has 25 heavy (non-hydrogen) atoms. The molecule has 0 saturated carbocycles. The molecule has 0 unspecified atom stereocenters. The smallest absolute Gasteiger partial charge is 0.250 e. The lowest BCUT2D eigenvalue weighted by Crippen LogP contribution is -2.37. The second-order valence-corrected chi connectivity index (χ2v) is 8.50. The number of aromatic nitrogens is 1. The fourth-order valence-electron chi connectivity index (χ4n) is 4.31. The van der Waals surface area contributed by atoms with Gasteiger partial charge in [0, 0.05) is 36.0 Å². The lowest BCUT2D eigenvalue weighted by molar-refractivity contribution is -0.196. The summed E-state index contributed by atoms with van der Waals surface area (Å²) in [7, 11) is 0. The first-order valence-electron chi connectivity index (χ1n) is 9.40. The molecule has 1 aliphatic carbocycles. The highest BCUT2D eigenvalue weighted by Gasteiger charge is 2.37. The first-order valence-corrected chi connectivity index (χ1v) is 9.40. The molecule has 2 aliphatic rings. The van der Waals surface area contributed by atoms with Crippen LogP contribution in [0, 0.1) is 12.3 Å². The van der Waals surface area contributed by atoms with Crippen LogP contribution in [0.3, 0.4) is 0 Å². The van der Waals surface area contributed by atoms with Crippen molar-refractivity contribution in [2.75, 3.05) is 13.2 Å². The lowest BCUT2D eigenvalue weighted by Gasteiger charge is -2.31. The van der Waals surface area contributed by atoms with Crippen molar-refractivity contribution in [3.8, 4) is 0 Å². The molecule has 1 aliphatic heterocycles. The van der Waals surface area contributed by atoms with Gasteiger partial charge in [-0.15, -0.1) is 0 Å². The number of carbonyl (C=O) groups excluding carboxylic acids is 2. The molecule has 1 amide bonds. The van der Waals surface area contributed by atoms with Gasteiger partial charge in [-0.1, -0.05) is 13.8 Å². The van der Waals surface area contributed by atoms with Gasteiger partial charge in [0.05, 0.1) is 13.0 Å². The molecule has 1 aromatic rings. The number of amides is 1. The Kier molecular flexibility index (Phi) is 4.80. The number of rotatable bonds is 3. The van der Waals surface area contributed by atoms with Gasteiger partial charge in [0.15, 0.2) is 5.78 Å². The second kappa shape index (κ2) is 6.60. The molecule has 5 heteroatoms. The van der Waals surface area contributed by atoms with Crippen molar-refractivity contribution in [1.82, 2.24) is 9.63 Å². The number of ketones is 1. The van der Waals surface area contributed by atoms with Gasteiger partial charge in [0.1, 0.15) is 0 Å². The van der Waals surface area contributed by atoms with Crippen LogP contribution >= 0.6 is 0 Å². The van der Waals surface area contributed by atoms with E-state index >= 15 is 0 Å². The van der Waals surface area contributed by atoms with E-state index in [2.05, 4.69) is 32.3 Å². The Labute approximate surface area is 150 Å². The van der Waals surface area contributed by atoms with Crippen LogP contribution in [-0.2, 0) is 22.5 Å².